The molecule has 1 aromatic carbocycles. The van der Waals surface area contributed by atoms with E-state index in [2.05, 4.69) is 12.2 Å². The number of hydrogen-bond donors (Lipinski definition) is 1. The highest BCUT2D eigenvalue weighted by molar-refractivity contribution is 5.94. The molecule has 1 fully saturated rings. The Hall–Kier alpha value is -1.06. The van der Waals surface area contributed by atoms with Crippen LogP contribution in [0.4, 0.5) is 0 Å². The van der Waals surface area contributed by atoms with Gasteiger partial charge in [0.25, 0.3) is 5.91 Å². The van der Waals surface area contributed by atoms with Crippen LogP contribution in [0.5, 0.6) is 0 Å². The molecule has 4 heteroatoms. The van der Waals surface area contributed by atoms with E-state index in [0.717, 1.165) is 31.5 Å². The van der Waals surface area contributed by atoms with Crippen LogP contribution >= 0.6 is 12.4 Å². The quantitative estimate of drug-likeness (QED) is 0.911. The molecule has 18 heavy (non-hydrogen) atoms. The second-order valence-corrected chi connectivity index (χ2v) is 4.61. The third-order valence-corrected chi connectivity index (χ3v) is 3.51. The first-order valence-corrected chi connectivity index (χ1v) is 6.29. The molecule has 2 rings (SSSR count). The number of nitrogens with one attached hydrogen (secondary N) is 1. The second kappa shape index (κ2) is 6.76. The van der Waals surface area contributed by atoms with Crippen LogP contribution in [0.25, 0.3) is 0 Å². The average molecular weight is 269 g/mol. The first kappa shape index (κ1) is 15.0. The Morgan fingerprint density at radius 3 is 2.56 bits per heavy atom. The fourth-order valence-electron chi connectivity index (χ4n) is 2.22. The van der Waals surface area contributed by atoms with Gasteiger partial charge in [-0.1, -0.05) is 19.1 Å². The maximum atomic E-state index is 12.2. The smallest absolute Gasteiger partial charge is 0.253 e. The van der Waals surface area contributed by atoms with E-state index in [1.165, 1.54) is 5.56 Å². The van der Waals surface area contributed by atoms with E-state index in [-0.39, 0.29) is 18.3 Å². The van der Waals surface area contributed by atoms with E-state index in [0.29, 0.717) is 6.04 Å². The van der Waals surface area contributed by atoms with Gasteiger partial charge in [0.2, 0.25) is 0 Å². The SMILES string of the molecule is CCc1ccc(C(=O)N(C)[C@H]2CCNC2)cc1.Cl. The number of carbonyl (C=O) groups is 1. The molecule has 0 aliphatic carbocycles. The molecular weight excluding hydrogens is 248 g/mol. The number of halogens is 1. The Morgan fingerprint density at radius 2 is 2.06 bits per heavy atom. The summed E-state index contributed by atoms with van der Waals surface area (Å²) in [5.74, 6) is 0.126. The number of likely N-dealkylation sites (N-methyl/N-ethyl adjacent to an activating group) is 1. The predicted molar refractivity (Wildman–Crippen MR) is 76.4 cm³/mol. The fraction of sp³-hybridized carbons (Fsp3) is 0.500. The van der Waals surface area contributed by atoms with Crippen LogP contribution < -0.4 is 5.32 Å². The summed E-state index contributed by atoms with van der Waals surface area (Å²) in [6.45, 7) is 4.04. The lowest BCUT2D eigenvalue weighted by atomic mass is 10.1. The zero-order valence-corrected chi connectivity index (χ0v) is 11.8. The minimum Gasteiger partial charge on any atom is -0.337 e. The molecule has 1 amide bonds. The largest absolute Gasteiger partial charge is 0.337 e. The zero-order valence-electron chi connectivity index (χ0n) is 11.0. The molecule has 1 N–H and O–H groups in total. The third kappa shape index (κ3) is 3.24. The summed E-state index contributed by atoms with van der Waals surface area (Å²) < 4.78 is 0. The van der Waals surface area contributed by atoms with Gasteiger partial charge in [-0.25, -0.2) is 0 Å². The monoisotopic (exact) mass is 268 g/mol. The van der Waals surface area contributed by atoms with E-state index in [1.54, 1.807) is 0 Å². The molecule has 0 saturated carbocycles. The standard InChI is InChI=1S/C14H20N2O.ClH/c1-3-11-4-6-12(7-5-11)14(17)16(2)13-8-9-15-10-13;/h4-7,13,15H,3,8-10H2,1-2H3;1H/t13-;/m0./s1. The summed E-state index contributed by atoms with van der Waals surface area (Å²) in [6, 6.07) is 8.27. The summed E-state index contributed by atoms with van der Waals surface area (Å²) in [5.41, 5.74) is 2.06. The molecule has 1 saturated heterocycles. The third-order valence-electron chi connectivity index (χ3n) is 3.51. The molecule has 0 unspecified atom stereocenters. The van der Waals surface area contributed by atoms with E-state index in [9.17, 15) is 4.79 Å². The minimum absolute atomic E-state index is 0. The van der Waals surface area contributed by atoms with Crippen LogP contribution in [0.1, 0.15) is 29.3 Å². The van der Waals surface area contributed by atoms with Crippen molar-refractivity contribution >= 4 is 18.3 Å². The van der Waals surface area contributed by atoms with Crippen molar-refractivity contribution in [1.29, 1.82) is 0 Å². The number of benzene rings is 1. The predicted octanol–water partition coefficient (Wildman–Crippen LogP) is 2.10. The van der Waals surface area contributed by atoms with Gasteiger partial charge in [-0.05, 0) is 37.1 Å². The number of amides is 1. The van der Waals surface area contributed by atoms with Gasteiger partial charge in [0.15, 0.2) is 0 Å². The number of aryl methyl sites for hydroxylation is 1. The van der Waals surface area contributed by atoms with E-state index in [4.69, 9.17) is 0 Å². The van der Waals surface area contributed by atoms with Crippen LogP contribution in [0.2, 0.25) is 0 Å². The fourth-order valence-corrected chi connectivity index (χ4v) is 2.22. The lowest BCUT2D eigenvalue weighted by molar-refractivity contribution is 0.0744. The number of carbonyl (C=O) groups excluding carboxylic acids is 1. The van der Waals surface area contributed by atoms with Gasteiger partial charge >= 0.3 is 0 Å². The lowest BCUT2D eigenvalue weighted by Gasteiger charge is -2.23. The highest BCUT2D eigenvalue weighted by atomic mass is 35.5. The molecular formula is C14H21ClN2O. The van der Waals surface area contributed by atoms with E-state index >= 15 is 0 Å². The first-order valence-electron chi connectivity index (χ1n) is 6.29. The molecule has 0 spiro atoms. The Labute approximate surface area is 115 Å². The number of rotatable bonds is 3. The van der Waals surface area contributed by atoms with Gasteiger partial charge in [-0.2, -0.15) is 0 Å². The molecule has 3 nitrogen and oxygen atoms in total. The molecule has 0 aromatic heterocycles. The molecule has 0 radical (unpaired) electrons. The van der Waals surface area contributed by atoms with Gasteiger partial charge in [-0.15, -0.1) is 12.4 Å². The van der Waals surface area contributed by atoms with Gasteiger partial charge < -0.3 is 10.2 Å². The van der Waals surface area contributed by atoms with Gasteiger partial charge in [0.1, 0.15) is 0 Å². The molecule has 0 bridgehead atoms. The van der Waals surface area contributed by atoms with Crippen LogP contribution in [0.3, 0.4) is 0 Å². The highest BCUT2D eigenvalue weighted by Crippen LogP contribution is 2.12. The lowest BCUT2D eigenvalue weighted by Crippen LogP contribution is -2.38. The Kier molecular flexibility index (Phi) is 5.63. The molecule has 100 valence electrons. The topological polar surface area (TPSA) is 32.3 Å². The van der Waals surface area contributed by atoms with Crippen LogP contribution in [-0.2, 0) is 6.42 Å². The van der Waals surface area contributed by atoms with Crippen molar-refractivity contribution in [3.05, 3.63) is 35.4 Å². The Bertz CT molecular complexity index is 385. The molecule has 1 aliphatic heterocycles. The van der Waals surface area contributed by atoms with Gasteiger partial charge in [0, 0.05) is 25.2 Å². The van der Waals surface area contributed by atoms with Gasteiger partial charge in [0.05, 0.1) is 0 Å². The summed E-state index contributed by atoms with van der Waals surface area (Å²) in [4.78, 5) is 14.1. The van der Waals surface area contributed by atoms with Crippen molar-refractivity contribution in [2.45, 2.75) is 25.8 Å². The first-order chi connectivity index (χ1) is 8.22. The van der Waals surface area contributed by atoms with Crippen LogP contribution in [0, 0.1) is 0 Å². The van der Waals surface area contributed by atoms with Crippen LogP contribution in [0.15, 0.2) is 24.3 Å². The summed E-state index contributed by atoms with van der Waals surface area (Å²) in [6.07, 6.45) is 2.06. The van der Waals surface area contributed by atoms with E-state index in [1.807, 2.05) is 36.2 Å². The molecule has 1 heterocycles. The Morgan fingerprint density at radius 1 is 1.39 bits per heavy atom. The Balaban J connectivity index is 0.00000162. The highest BCUT2D eigenvalue weighted by Gasteiger charge is 2.23. The van der Waals surface area contributed by atoms with Crippen molar-refractivity contribution in [2.24, 2.45) is 0 Å². The number of hydrogen-bond acceptors (Lipinski definition) is 2. The maximum absolute atomic E-state index is 12.2. The minimum atomic E-state index is 0. The van der Waals surface area contributed by atoms with Crippen LogP contribution in [-0.4, -0.2) is 37.0 Å². The maximum Gasteiger partial charge on any atom is 0.253 e. The molecule has 1 aliphatic rings. The van der Waals surface area contributed by atoms with Crippen molar-refractivity contribution < 1.29 is 4.79 Å². The van der Waals surface area contributed by atoms with Crippen molar-refractivity contribution in [2.75, 3.05) is 20.1 Å². The summed E-state index contributed by atoms with van der Waals surface area (Å²) in [5, 5.41) is 3.28. The number of nitrogens with zero attached hydrogens (tertiary/aromatic N) is 1. The van der Waals surface area contributed by atoms with E-state index < -0.39 is 0 Å². The molecule has 1 atom stereocenters. The molecule has 1 aromatic rings. The van der Waals surface area contributed by atoms with Crippen molar-refractivity contribution in [3.63, 3.8) is 0 Å². The summed E-state index contributed by atoms with van der Waals surface area (Å²) in [7, 11) is 1.90. The summed E-state index contributed by atoms with van der Waals surface area (Å²) >= 11 is 0. The normalized spacial score (nSPS) is 18.2. The van der Waals surface area contributed by atoms with Crippen molar-refractivity contribution in [1.82, 2.24) is 10.2 Å². The average Bonchev–Trinajstić information content (AvgIpc) is 2.91. The zero-order chi connectivity index (χ0) is 12.3. The van der Waals surface area contributed by atoms with Crippen molar-refractivity contribution in [3.8, 4) is 0 Å². The van der Waals surface area contributed by atoms with Gasteiger partial charge in [-0.3, -0.25) is 4.79 Å². The second-order valence-electron chi connectivity index (χ2n) is 4.61.